The van der Waals surface area contributed by atoms with Crippen LogP contribution < -0.4 is 5.32 Å². The van der Waals surface area contributed by atoms with Gasteiger partial charge in [-0.1, -0.05) is 24.1 Å². The number of benzene rings is 1. The Kier molecular flexibility index (Phi) is 7.05. The van der Waals surface area contributed by atoms with Gasteiger partial charge in [-0.2, -0.15) is 13.2 Å². The quantitative estimate of drug-likeness (QED) is 0.803. The second-order valence-electron chi connectivity index (χ2n) is 2.95. The highest BCUT2D eigenvalue weighted by Gasteiger charge is 2.38. The Hall–Kier alpha value is -2.16. The number of para-hydroxylation sites is 1. The Morgan fingerprint density at radius 1 is 1.33 bits per heavy atom. The van der Waals surface area contributed by atoms with Crippen molar-refractivity contribution in [2.45, 2.75) is 13.1 Å². The lowest BCUT2D eigenvalue weighted by molar-refractivity contribution is -0.192. The van der Waals surface area contributed by atoms with Crippen LogP contribution >= 0.6 is 0 Å². The van der Waals surface area contributed by atoms with Gasteiger partial charge in [0.25, 0.3) is 0 Å². The highest BCUT2D eigenvalue weighted by atomic mass is 19.4. The van der Waals surface area contributed by atoms with Crippen molar-refractivity contribution in [3.63, 3.8) is 0 Å². The number of carboxylic acid groups (broad SMARTS) is 1. The van der Waals surface area contributed by atoms with E-state index in [0.29, 0.717) is 0 Å². The summed E-state index contributed by atoms with van der Waals surface area (Å²) in [7, 11) is 0. The molecule has 1 aromatic rings. The molecular weight excluding hydrogens is 247 g/mol. The second-order valence-corrected chi connectivity index (χ2v) is 2.95. The minimum absolute atomic E-state index is 0.723. The number of rotatable bonds is 2. The summed E-state index contributed by atoms with van der Waals surface area (Å²) < 4.78 is 31.7. The smallest absolute Gasteiger partial charge is 0.475 e. The minimum Gasteiger partial charge on any atom is -0.475 e. The van der Waals surface area contributed by atoms with Crippen molar-refractivity contribution in [1.29, 1.82) is 0 Å². The molecule has 98 valence electrons. The van der Waals surface area contributed by atoms with Gasteiger partial charge in [-0.25, -0.2) is 4.79 Å². The number of anilines is 1. The summed E-state index contributed by atoms with van der Waals surface area (Å²) in [5, 5.41) is 10.3. The molecule has 0 bridgehead atoms. The average Bonchev–Trinajstić information content (AvgIpc) is 2.30. The van der Waals surface area contributed by atoms with Crippen LogP contribution in [0.2, 0.25) is 0 Å². The van der Waals surface area contributed by atoms with Crippen molar-refractivity contribution in [3.05, 3.63) is 30.3 Å². The van der Waals surface area contributed by atoms with E-state index in [0.717, 1.165) is 12.2 Å². The lowest BCUT2D eigenvalue weighted by Crippen LogP contribution is -2.21. The van der Waals surface area contributed by atoms with Crippen LogP contribution in [-0.4, -0.2) is 23.8 Å². The molecule has 3 nitrogen and oxygen atoms in total. The van der Waals surface area contributed by atoms with Gasteiger partial charge in [0.15, 0.2) is 0 Å². The summed E-state index contributed by atoms with van der Waals surface area (Å²) in [5.41, 5.74) is 1.12. The van der Waals surface area contributed by atoms with Crippen LogP contribution in [-0.2, 0) is 4.79 Å². The molecule has 0 aliphatic rings. The molecule has 1 rings (SSSR count). The third kappa shape index (κ3) is 8.05. The van der Waals surface area contributed by atoms with Gasteiger partial charge in [-0.05, 0) is 19.1 Å². The largest absolute Gasteiger partial charge is 0.490 e. The molecular formula is C12H12F3NO2. The maximum Gasteiger partial charge on any atom is 0.490 e. The topological polar surface area (TPSA) is 49.3 Å². The summed E-state index contributed by atoms with van der Waals surface area (Å²) in [5.74, 6) is 3.00. The Balaban J connectivity index is 0.000000360. The summed E-state index contributed by atoms with van der Waals surface area (Å²) in [4.78, 5) is 8.90. The molecule has 0 atom stereocenters. The number of halogens is 3. The number of alkyl halides is 3. The van der Waals surface area contributed by atoms with E-state index in [2.05, 4.69) is 17.2 Å². The van der Waals surface area contributed by atoms with E-state index >= 15 is 0 Å². The third-order valence-corrected chi connectivity index (χ3v) is 1.57. The molecule has 0 unspecified atom stereocenters. The van der Waals surface area contributed by atoms with E-state index in [9.17, 15) is 13.2 Å². The van der Waals surface area contributed by atoms with E-state index < -0.39 is 12.1 Å². The van der Waals surface area contributed by atoms with E-state index in [4.69, 9.17) is 9.90 Å². The molecule has 0 saturated heterocycles. The zero-order valence-corrected chi connectivity index (χ0v) is 9.58. The normalized spacial score (nSPS) is 9.33. The van der Waals surface area contributed by atoms with Crippen molar-refractivity contribution in [2.75, 3.05) is 11.9 Å². The van der Waals surface area contributed by atoms with E-state index in [1.165, 1.54) is 0 Å². The van der Waals surface area contributed by atoms with Crippen molar-refractivity contribution < 1.29 is 23.1 Å². The van der Waals surface area contributed by atoms with Crippen LogP contribution in [0.15, 0.2) is 30.3 Å². The fraction of sp³-hybridized carbons (Fsp3) is 0.250. The molecule has 1 aromatic carbocycles. The summed E-state index contributed by atoms with van der Waals surface area (Å²) in [6.07, 6.45) is -5.08. The number of carbonyl (C=O) groups is 1. The summed E-state index contributed by atoms with van der Waals surface area (Å²) >= 11 is 0. The van der Waals surface area contributed by atoms with Crippen LogP contribution in [0, 0.1) is 11.8 Å². The van der Waals surface area contributed by atoms with Gasteiger partial charge in [-0.3, -0.25) is 0 Å². The highest BCUT2D eigenvalue weighted by Crippen LogP contribution is 2.13. The molecule has 0 aromatic heterocycles. The predicted molar refractivity (Wildman–Crippen MR) is 62.1 cm³/mol. The van der Waals surface area contributed by atoms with Crippen molar-refractivity contribution in [2.24, 2.45) is 0 Å². The van der Waals surface area contributed by atoms with Gasteiger partial charge in [0.2, 0.25) is 0 Å². The average molecular weight is 259 g/mol. The number of hydrogen-bond acceptors (Lipinski definition) is 2. The molecule has 0 heterocycles. The fourth-order valence-electron chi connectivity index (χ4n) is 0.791. The van der Waals surface area contributed by atoms with E-state index in [-0.39, 0.29) is 0 Å². The van der Waals surface area contributed by atoms with E-state index in [1.54, 1.807) is 0 Å². The number of aliphatic carboxylic acids is 1. The Morgan fingerprint density at radius 3 is 2.22 bits per heavy atom. The first-order chi connectivity index (χ1) is 8.38. The van der Waals surface area contributed by atoms with Gasteiger partial charge in [-0.15, -0.1) is 5.92 Å². The Morgan fingerprint density at radius 2 is 1.83 bits per heavy atom. The highest BCUT2D eigenvalue weighted by molar-refractivity contribution is 5.73. The molecule has 0 radical (unpaired) electrons. The molecule has 0 aliphatic heterocycles. The maximum atomic E-state index is 10.6. The number of nitrogens with one attached hydrogen (secondary N) is 1. The predicted octanol–water partition coefficient (Wildman–Crippen LogP) is 2.76. The maximum absolute atomic E-state index is 10.6. The molecule has 0 fully saturated rings. The Labute approximate surface area is 103 Å². The van der Waals surface area contributed by atoms with Gasteiger partial charge in [0.1, 0.15) is 0 Å². The molecule has 6 heteroatoms. The van der Waals surface area contributed by atoms with Crippen LogP contribution in [0.4, 0.5) is 18.9 Å². The summed E-state index contributed by atoms with van der Waals surface area (Å²) in [6.45, 7) is 2.56. The van der Waals surface area contributed by atoms with Crippen molar-refractivity contribution >= 4 is 11.7 Å². The van der Waals surface area contributed by atoms with Crippen LogP contribution in [0.25, 0.3) is 0 Å². The number of hydrogen-bond donors (Lipinski definition) is 2. The summed E-state index contributed by atoms with van der Waals surface area (Å²) in [6, 6.07) is 10.1. The molecule has 0 aliphatic carbocycles. The van der Waals surface area contributed by atoms with Crippen LogP contribution in [0.3, 0.4) is 0 Å². The van der Waals surface area contributed by atoms with Gasteiger partial charge in [0.05, 0.1) is 6.54 Å². The minimum atomic E-state index is -5.08. The molecule has 0 amide bonds. The molecule has 0 spiro atoms. The first-order valence-corrected chi connectivity index (χ1v) is 4.86. The molecule has 18 heavy (non-hydrogen) atoms. The van der Waals surface area contributed by atoms with E-state index in [1.807, 2.05) is 37.3 Å². The lowest BCUT2D eigenvalue weighted by Gasteiger charge is -1.99. The monoisotopic (exact) mass is 259 g/mol. The second kappa shape index (κ2) is 8.01. The molecule has 2 N–H and O–H groups in total. The first-order valence-electron chi connectivity index (χ1n) is 4.86. The fourth-order valence-corrected chi connectivity index (χ4v) is 0.791. The zero-order valence-electron chi connectivity index (χ0n) is 9.58. The Bertz CT molecular complexity index is 418. The van der Waals surface area contributed by atoms with Gasteiger partial charge < -0.3 is 10.4 Å². The first kappa shape index (κ1) is 15.8. The van der Waals surface area contributed by atoms with Crippen LogP contribution in [0.1, 0.15) is 6.92 Å². The van der Waals surface area contributed by atoms with Crippen molar-refractivity contribution in [3.8, 4) is 11.8 Å². The molecule has 0 saturated carbocycles. The standard InChI is InChI=1S/C10H11N.C2HF3O2/c1-2-3-9-11-10-7-5-4-6-8-10;3-2(4,5)1(6)7/h4-8,11H,9H2,1H3;(H,6,7). The van der Waals surface area contributed by atoms with Crippen molar-refractivity contribution in [1.82, 2.24) is 0 Å². The SMILES string of the molecule is CC#CCNc1ccccc1.O=C(O)C(F)(F)F. The third-order valence-electron chi connectivity index (χ3n) is 1.57. The number of carboxylic acids is 1. The van der Waals surface area contributed by atoms with Gasteiger partial charge in [0, 0.05) is 5.69 Å². The van der Waals surface area contributed by atoms with Crippen LogP contribution in [0.5, 0.6) is 0 Å². The van der Waals surface area contributed by atoms with Gasteiger partial charge >= 0.3 is 12.1 Å². The lowest BCUT2D eigenvalue weighted by atomic mass is 10.3. The zero-order chi connectivity index (χ0) is 14.0.